The third-order valence-electron chi connectivity index (χ3n) is 24.0. The minimum absolute atomic E-state index is 0.0123. The summed E-state index contributed by atoms with van der Waals surface area (Å²) in [6.45, 7) is 18.4. The topological polar surface area (TPSA) is 449 Å². The van der Waals surface area contributed by atoms with Crippen LogP contribution in [0.25, 0.3) is 33.4 Å². The number of nitrogens with zero attached hydrogens (tertiary/aromatic N) is 7. The van der Waals surface area contributed by atoms with Crippen LogP contribution in [-0.4, -0.2) is 290 Å². The summed E-state index contributed by atoms with van der Waals surface area (Å²) < 4.78 is 83.0. The number of benzene rings is 2. The molecule has 3 aromatic heterocycles. The lowest BCUT2D eigenvalue weighted by Gasteiger charge is -2.42. The minimum Gasteiger partial charge on any atom is -0.465 e. The van der Waals surface area contributed by atoms with E-state index in [-0.39, 0.29) is 73.2 Å². The van der Waals surface area contributed by atoms with Crippen LogP contribution in [0.5, 0.6) is 0 Å². The number of aromatic nitrogens is 5. The van der Waals surface area contributed by atoms with Crippen LogP contribution >= 0.6 is 12.2 Å². The number of Topliss-reactive ketones (excluding diaryl/α,β-unsaturated/α-hetero) is 3. The molecule has 1 aliphatic carbocycles. The van der Waals surface area contributed by atoms with Gasteiger partial charge >= 0.3 is 5.97 Å². The molecule has 126 heavy (non-hydrogen) atoms. The molecule has 5 aliphatic rings. The molecular formula is C91H131N11O23S. The number of fused-ring (bicyclic) bond motifs is 6. The maximum absolute atomic E-state index is 14.7. The number of esters is 1. The monoisotopic (exact) mass is 1780 g/mol. The molecule has 7 heterocycles. The molecule has 2 aromatic carbocycles. The Morgan fingerprint density at radius 3 is 2.07 bits per heavy atom. The number of piperidine rings is 1. The average Bonchev–Trinajstić information content (AvgIpc) is 1.46. The molecule has 35 heteroatoms. The molecule has 1 saturated carbocycles. The zero-order chi connectivity index (χ0) is 90.2. The number of thiocarbonyl (C=S) groups is 1. The first-order chi connectivity index (χ1) is 60.7. The Bertz CT molecular complexity index is 4500. The number of carbonyl (C=O) groups is 6. The van der Waals surface area contributed by atoms with Gasteiger partial charge in [-0.05, 0) is 155 Å². The Morgan fingerprint density at radius 1 is 0.722 bits per heavy atom. The van der Waals surface area contributed by atoms with Crippen LogP contribution in [0.1, 0.15) is 142 Å². The standard InChI is InChI=1S/C91H131N11O23S/c1-57-14-10-9-11-15-58(2)75(112-7)52-68-22-17-62(6)91(111,125-68)84(108)87(109)101-28-13-12-16-71(101)88(110)122-76(53-72(103)59(3)47-61(5)82(106)83(107)81(105)60(4)46-57)69(92)49-63-19-23-74(77(50-63)113-8)124-90(126)95-27-31-115-33-35-117-37-39-119-41-43-121-45-44-120-42-40-118-38-36-116-34-32-114-30-26-78(104)100-29-25-65-48-64(18-20-67(65)55-100)54-102-86-79(85(93)96-56-97-86)80(99-102)66-21-24-73-70(51-66)98-89(94)123-73/h9-11,14-15,18,20-21,24,47-48,51,56-57,59-60,62-63,68-69,71,74-77,82-83,106-107,111H,12-13,16-17,19,22-23,25-46,49-50,52-55,92H2,1-8H3,(H2,94,98)(H,95,126)(H2,93,96,97)/b11-9?,14-10+,58-15?,61-47+/t57-,59-,60-,62-,63+,68+,69-,71+,74-,75+,76+,77-,82-,83+,91-/m1/s1. The summed E-state index contributed by atoms with van der Waals surface area (Å²) in [4.78, 5) is 101. The number of nitrogen functional groups attached to an aromatic ring is 2. The van der Waals surface area contributed by atoms with Gasteiger partial charge in [-0.25, -0.2) is 19.4 Å². The number of amides is 2. The summed E-state index contributed by atoms with van der Waals surface area (Å²) in [6.07, 6.45) is 10.8. The summed E-state index contributed by atoms with van der Waals surface area (Å²) in [6, 6.07) is 9.73. The molecule has 3 fully saturated rings. The lowest BCUT2D eigenvalue weighted by molar-refractivity contribution is -0.265. The molecule has 2 bridgehead atoms. The van der Waals surface area contributed by atoms with E-state index in [9.17, 15) is 44.1 Å². The maximum Gasteiger partial charge on any atom is 0.329 e. The summed E-state index contributed by atoms with van der Waals surface area (Å²) >= 11 is 5.58. The highest BCUT2D eigenvalue weighted by Gasteiger charge is 2.53. The van der Waals surface area contributed by atoms with E-state index < -0.39 is 108 Å². The molecule has 10 rings (SSSR count). The zero-order valence-corrected chi connectivity index (χ0v) is 74.9. The number of carbonyl (C=O) groups excluding carboxylic acids is 6. The maximum atomic E-state index is 14.7. The largest absolute Gasteiger partial charge is 0.465 e. The molecule has 0 spiro atoms. The van der Waals surface area contributed by atoms with Gasteiger partial charge in [0, 0.05) is 82.6 Å². The highest BCUT2D eigenvalue weighted by atomic mass is 32.1. The lowest BCUT2D eigenvalue weighted by atomic mass is 9.80. The predicted molar refractivity (Wildman–Crippen MR) is 472 cm³/mol. The van der Waals surface area contributed by atoms with Gasteiger partial charge in [0.1, 0.15) is 59.6 Å². The van der Waals surface area contributed by atoms with Crippen molar-refractivity contribution in [1.29, 1.82) is 0 Å². The summed E-state index contributed by atoms with van der Waals surface area (Å²) in [7, 11) is 3.13. The number of nitrogens with one attached hydrogen (secondary N) is 1. The molecule has 694 valence electrons. The van der Waals surface area contributed by atoms with Crippen molar-refractivity contribution in [3.63, 3.8) is 0 Å². The van der Waals surface area contributed by atoms with E-state index in [0.29, 0.717) is 217 Å². The number of ketones is 3. The van der Waals surface area contributed by atoms with Crippen LogP contribution in [0, 0.1) is 29.6 Å². The van der Waals surface area contributed by atoms with Crippen molar-refractivity contribution in [2.24, 2.45) is 35.3 Å². The third kappa shape index (κ3) is 29.0. The Kier molecular flexibility index (Phi) is 39.9. The Morgan fingerprint density at radius 2 is 1.40 bits per heavy atom. The van der Waals surface area contributed by atoms with Gasteiger partial charge in [-0.3, -0.25) is 24.0 Å². The summed E-state index contributed by atoms with van der Waals surface area (Å²) in [5.41, 5.74) is 26.8. The van der Waals surface area contributed by atoms with E-state index >= 15 is 0 Å². The number of aliphatic hydroxyl groups is 3. The molecule has 2 amide bonds. The number of aliphatic hydroxyl groups excluding tert-OH is 2. The smallest absolute Gasteiger partial charge is 0.329 e. The molecule has 10 N–H and O–H groups in total. The minimum atomic E-state index is -2.50. The predicted octanol–water partition coefficient (Wildman–Crippen LogP) is 7.38. The second-order valence-corrected chi connectivity index (χ2v) is 33.8. The van der Waals surface area contributed by atoms with Crippen LogP contribution in [-0.2, 0) is 110 Å². The average molecular weight is 1780 g/mol. The van der Waals surface area contributed by atoms with Crippen molar-refractivity contribution in [3.8, 4) is 11.3 Å². The molecular weight excluding hydrogens is 1650 g/mol. The first-order valence-corrected chi connectivity index (χ1v) is 44.6. The van der Waals surface area contributed by atoms with Gasteiger partial charge in [0.25, 0.3) is 22.9 Å². The van der Waals surface area contributed by atoms with E-state index in [1.165, 1.54) is 24.9 Å². The Balaban J connectivity index is 0.548. The van der Waals surface area contributed by atoms with Crippen molar-refractivity contribution in [2.45, 2.75) is 205 Å². The van der Waals surface area contributed by atoms with Gasteiger partial charge in [-0.1, -0.05) is 82.4 Å². The van der Waals surface area contributed by atoms with Crippen LogP contribution < -0.4 is 22.5 Å². The molecule has 5 aromatic rings. The van der Waals surface area contributed by atoms with Gasteiger partial charge in [0.2, 0.25) is 11.7 Å². The molecule has 2 saturated heterocycles. The number of cyclic esters (lactones) is 1. The molecule has 34 nitrogen and oxygen atoms in total. The van der Waals surface area contributed by atoms with Crippen LogP contribution in [0.3, 0.4) is 0 Å². The van der Waals surface area contributed by atoms with Crippen LogP contribution in [0.15, 0.2) is 94.7 Å². The van der Waals surface area contributed by atoms with Crippen molar-refractivity contribution in [1.82, 2.24) is 39.8 Å². The summed E-state index contributed by atoms with van der Waals surface area (Å²) in [5.74, 6) is -8.73. The Hall–Kier alpha value is -8.47. The molecule has 0 radical (unpaired) electrons. The number of allylic oxidation sites excluding steroid dienone is 6. The van der Waals surface area contributed by atoms with Crippen molar-refractivity contribution < 1.29 is 110 Å². The second-order valence-electron chi connectivity index (χ2n) is 33.4. The number of methoxy groups -OCH3 is 2. The lowest BCUT2D eigenvalue weighted by Crippen LogP contribution is -2.61. The van der Waals surface area contributed by atoms with Crippen molar-refractivity contribution in [2.75, 3.05) is 151 Å². The zero-order valence-electron chi connectivity index (χ0n) is 74.1. The van der Waals surface area contributed by atoms with Gasteiger partial charge in [0.05, 0.1) is 142 Å². The molecule has 15 atom stereocenters. The van der Waals surface area contributed by atoms with E-state index in [1.807, 2.05) is 65.9 Å². The third-order valence-corrected chi connectivity index (χ3v) is 24.2. The number of anilines is 2. The molecule has 4 aliphatic heterocycles. The van der Waals surface area contributed by atoms with E-state index in [2.05, 4.69) is 38.5 Å². The van der Waals surface area contributed by atoms with Crippen molar-refractivity contribution in [3.05, 3.63) is 107 Å². The highest BCUT2D eigenvalue weighted by Crippen LogP contribution is 2.39. The molecule has 0 unspecified atom stereocenters. The van der Waals surface area contributed by atoms with Gasteiger partial charge in [-0.15, -0.1) is 0 Å². The highest BCUT2D eigenvalue weighted by molar-refractivity contribution is 7.80. The first kappa shape index (κ1) is 99.7. The number of rotatable bonds is 36. The quantitative estimate of drug-likeness (QED) is 0.00675. The normalized spacial score (nSPS) is 26.4. The number of hydrogen-bond donors (Lipinski definition) is 7. The summed E-state index contributed by atoms with van der Waals surface area (Å²) in [5, 5.41) is 43.5. The Labute approximate surface area is 742 Å². The van der Waals surface area contributed by atoms with E-state index in [1.54, 1.807) is 41.1 Å². The van der Waals surface area contributed by atoms with E-state index in [4.69, 9.17) is 101 Å². The number of hydrogen-bond acceptors (Lipinski definition) is 31. The van der Waals surface area contributed by atoms with Crippen LogP contribution in [0.4, 0.5) is 11.8 Å². The van der Waals surface area contributed by atoms with Gasteiger partial charge in [0.15, 0.2) is 17.0 Å². The van der Waals surface area contributed by atoms with Gasteiger partial charge < -0.3 is 114 Å². The number of ether oxygens (including phenoxy) is 13. The number of nitrogens with two attached hydrogens (primary N) is 3. The van der Waals surface area contributed by atoms with Gasteiger partial charge in [-0.2, -0.15) is 10.1 Å². The first-order valence-electron chi connectivity index (χ1n) is 44.2. The SMILES string of the molecule is CO[C@H]1C[C@@H]2CC[C@@H](C)[C@@](O)(O2)C(=O)C(=O)N2CCCC[C@H]2C(=O)O[C@H]([C@H](N)C[C@@H]2CC[C@@H](OC(=S)NCCOCCOCCOCCOCCOCCOCCOCCOCCC(=O)N3CCc4cc(Cn5nc(-c6ccc7oc(N)nc7c6)c6c(N)ncnc65)ccc4C3)[C@H](OC)C2)CC(=O)[C@H](C)/C=C(\C)[C@@H](O)[C@@H](O)C(=O)[C@H](C)C[C@H](C)/C=C/C=CC=C1C. The van der Waals surface area contributed by atoms with Crippen molar-refractivity contribution >= 4 is 86.5 Å². The van der Waals surface area contributed by atoms with E-state index in [0.717, 1.165) is 33.6 Å². The second kappa shape index (κ2) is 50.5. The fourth-order valence-corrected chi connectivity index (χ4v) is 16.9. The fourth-order valence-electron chi connectivity index (χ4n) is 16.7. The fraction of sp³-hybridized carbons (Fsp3) is 0.637. The number of oxazole rings is 1. The van der Waals surface area contributed by atoms with Crippen LogP contribution in [0.2, 0.25) is 0 Å².